The van der Waals surface area contributed by atoms with E-state index in [1.807, 2.05) is 0 Å². The Morgan fingerprint density at radius 2 is 2.16 bits per heavy atom. The van der Waals surface area contributed by atoms with Crippen LogP contribution in [0.3, 0.4) is 0 Å². The quantitative estimate of drug-likeness (QED) is 0.240. The van der Waals surface area contributed by atoms with Gasteiger partial charge in [-0.25, -0.2) is 0 Å². The van der Waals surface area contributed by atoms with Crippen molar-refractivity contribution in [2.24, 2.45) is 17.7 Å². The lowest BCUT2D eigenvalue weighted by atomic mass is 9.94. The van der Waals surface area contributed by atoms with Crippen LogP contribution in [0, 0.1) is 22.0 Å². The standard InChI is InChI=1S/C12H15NO3.CH6N2/c1-3-11(6-9(2)13(15)16)12(8-14)7-10-4-5-10;1-3-2/h3,6,8,10,12H,1-2,4-5,7H2;3H,2H2,1H3/b11-6+;. The molecule has 19 heavy (non-hydrogen) atoms. The third-order valence-electron chi connectivity index (χ3n) is 2.68. The van der Waals surface area contributed by atoms with Gasteiger partial charge in [0, 0.05) is 12.0 Å². The van der Waals surface area contributed by atoms with Crippen LogP contribution in [0.2, 0.25) is 0 Å². The van der Waals surface area contributed by atoms with E-state index in [1.165, 1.54) is 12.2 Å². The Morgan fingerprint density at radius 3 is 2.47 bits per heavy atom. The lowest BCUT2D eigenvalue weighted by Gasteiger charge is -2.09. The Labute approximate surface area is 113 Å². The largest absolute Gasteiger partial charge is 0.303 e. The van der Waals surface area contributed by atoms with Gasteiger partial charge in [0.05, 0.1) is 4.92 Å². The predicted octanol–water partition coefficient (Wildman–Crippen LogP) is 1.58. The van der Waals surface area contributed by atoms with Crippen molar-refractivity contribution >= 4 is 6.29 Å². The van der Waals surface area contributed by atoms with Crippen LogP contribution in [0.5, 0.6) is 0 Å². The summed E-state index contributed by atoms with van der Waals surface area (Å²) in [5.74, 6) is 4.89. The number of allylic oxidation sites excluding steroid dienone is 3. The number of aldehydes is 1. The highest BCUT2D eigenvalue weighted by Gasteiger charge is 2.26. The summed E-state index contributed by atoms with van der Waals surface area (Å²) in [4.78, 5) is 20.8. The van der Waals surface area contributed by atoms with Gasteiger partial charge in [-0.3, -0.25) is 21.4 Å². The van der Waals surface area contributed by atoms with Crippen molar-refractivity contribution in [1.82, 2.24) is 5.43 Å². The van der Waals surface area contributed by atoms with E-state index in [0.717, 1.165) is 25.5 Å². The molecule has 0 radical (unpaired) electrons. The number of carbonyl (C=O) groups is 1. The van der Waals surface area contributed by atoms with Gasteiger partial charge in [0.25, 0.3) is 5.70 Å². The summed E-state index contributed by atoms with van der Waals surface area (Å²) >= 11 is 0. The Kier molecular flexibility index (Phi) is 8.32. The Morgan fingerprint density at radius 1 is 1.63 bits per heavy atom. The fraction of sp³-hybridized carbons (Fsp3) is 0.462. The highest BCUT2D eigenvalue weighted by Crippen LogP contribution is 2.37. The van der Waals surface area contributed by atoms with Gasteiger partial charge in [-0.15, -0.1) is 0 Å². The second-order valence-electron chi connectivity index (χ2n) is 4.31. The summed E-state index contributed by atoms with van der Waals surface area (Å²) in [5, 5.41) is 10.4. The molecule has 0 saturated heterocycles. The molecule has 0 bridgehead atoms. The fourth-order valence-corrected chi connectivity index (χ4v) is 1.55. The second-order valence-corrected chi connectivity index (χ2v) is 4.31. The molecule has 0 aromatic heterocycles. The average Bonchev–Trinajstić information content (AvgIpc) is 3.17. The van der Waals surface area contributed by atoms with Gasteiger partial charge in [-0.05, 0) is 31.5 Å². The van der Waals surface area contributed by atoms with Gasteiger partial charge >= 0.3 is 0 Å². The lowest BCUT2D eigenvalue weighted by molar-refractivity contribution is -0.418. The van der Waals surface area contributed by atoms with Crippen molar-refractivity contribution in [3.8, 4) is 0 Å². The molecule has 6 heteroatoms. The van der Waals surface area contributed by atoms with Crippen molar-refractivity contribution in [2.75, 3.05) is 7.05 Å². The predicted molar refractivity (Wildman–Crippen MR) is 74.6 cm³/mol. The third kappa shape index (κ3) is 7.28. The van der Waals surface area contributed by atoms with Gasteiger partial charge in [0.1, 0.15) is 6.29 Å². The number of nitrogens with two attached hydrogens (primary N) is 1. The summed E-state index contributed by atoms with van der Waals surface area (Å²) in [5.41, 5.74) is 2.63. The number of hydrogen-bond donors (Lipinski definition) is 2. The van der Waals surface area contributed by atoms with E-state index in [0.29, 0.717) is 11.5 Å². The zero-order valence-corrected chi connectivity index (χ0v) is 11.2. The van der Waals surface area contributed by atoms with Crippen molar-refractivity contribution < 1.29 is 9.72 Å². The highest BCUT2D eigenvalue weighted by atomic mass is 16.6. The first kappa shape index (κ1) is 17.2. The van der Waals surface area contributed by atoms with Crippen LogP contribution in [-0.2, 0) is 4.79 Å². The average molecular weight is 267 g/mol. The van der Waals surface area contributed by atoms with Crippen LogP contribution < -0.4 is 11.3 Å². The summed E-state index contributed by atoms with van der Waals surface area (Å²) < 4.78 is 0. The molecular formula is C13H21N3O3. The van der Waals surface area contributed by atoms with Crippen LogP contribution in [0.1, 0.15) is 19.3 Å². The Balaban J connectivity index is 0.000000982. The first-order valence-corrected chi connectivity index (χ1v) is 6.00. The van der Waals surface area contributed by atoms with E-state index >= 15 is 0 Å². The van der Waals surface area contributed by atoms with Crippen LogP contribution in [0.4, 0.5) is 0 Å². The van der Waals surface area contributed by atoms with Gasteiger partial charge in [0.2, 0.25) is 0 Å². The van der Waals surface area contributed by atoms with E-state index in [-0.39, 0.29) is 11.6 Å². The van der Waals surface area contributed by atoms with E-state index in [2.05, 4.69) is 24.4 Å². The summed E-state index contributed by atoms with van der Waals surface area (Å²) in [6.45, 7) is 6.89. The normalized spacial score (nSPS) is 15.8. The molecule has 1 unspecified atom stereocenters. The van der Waals surface area contributed by atoms with E-state index in [4.69, 9.17) is 0 Å². The summed E-state index contributed by atoms with van der Waals surface area (Å²) in [6, 6.07) is 0. The molecule has 3 N–H and O–H groups in total. The minimum atomic E-state index is -0.567. The van der Waals surface area contributed by atoms with Gasteiger partial charge in [-0.2, -0.15) is 0 Å². The zero-order chi connectivity index (χ0) is 14.8. The van der Waals surface area contributed by atoms with Crippen LogP contribution in [-0.4, -0.2) is 18.3 Å². The number of hydrogen-bond acceptors (Lipinski definition) is 5. The van der Waals surface area contributed by atoms with Crippen LogP contribution in [0.25, 0.3) is 0 Å². The molecule has 0 aliphatic heterocycles. The third-order valence-corrected chi connectivity index (χ3v) is 2.68. The summed E-state index contributed by atoms with van der Waals surface area (Å²) in [7, 11) is 1.65. The van der Waals surface area contributed by atoms with Crippen LogP contribution >= 0.6 is 0 Å². The molecule has 1 saturated carbocycles. The maximum absolute atomic E-state index is 10.9. The van der Waals surface area contributed by atoms with Gasteiger partial charge in [-0.1, -0.05) is 25.5 Å². The molecule has 1 atom stereocenters. The minimum absolute atomic E-state index is 0.211. The Bertz CT molecular complexity index is 373. The van der Waals surface area contributed by atoms with E-state index < -0.39 is 4.92 Å². The first-order valence-electron chi connectivity index (χ1n) is 6.00. The zero-order valence-electron chi connectivity index (χ0n) is 11.2. The number of hydrazine groups is 1. The molecule has 6 nitrogen and oxygen atoms in total. The van der Waals surface area contributed by atoms with Gasteiger partial charge < -0.3 is 4.79 Å². The fourth-order valence-electron chi connectivity index (χ4n) is 1.55. The molecule has 1 aliphatic rings. The monoisotopic (exact) mass is 267 g/mol. The first-order chi connectivity index (χ1) is 8.99. The van der Waals surface area contributed by atoms with Crippen molar-refractivity contribution in [2.45, 2.75) is 19.3 Å². The number of nitro groups is 1. The molecule has 0 amide bonds. The molecule has 1 aliphatic carbocycles. The number of nitrogens with zero attached hydrogens (tertiary/aromatic N) is 1. The molecule has 1 rings (SSSR count). The lowest BCUT2D eigenvalue weighted by Crippen LogP contribution is -2.13. The molecule has 0 spiro atoms. The maximum atomic E-state index is 10.9. The SMILES string of the molecule is C=C/C(=C\C(=C)[N+](=O)[O-])C(C=O)CC1CC1.CNN. The van der Waals surface area contributed by atoms with Gasteiger partial charge in [0.15, 0.2) is 0 Å². The van der Waals surface area contributed by atoms with Crippen molar-refractivity contribution in [3.05, 3.63) is 46.7 Å². The number of nitrogens with one attached hydrogen (secondary N) is 1. The molecule has 0 heterocycles. The Hall–Kier alpha value is -1.79. The van der Waals surface area contributed by atoms with Crippen molar-refractivity contribution in [1.29, 1.82) is 0 Å². The smallest absolute Gasteiger partial charge is 0.262 e. The summed E-state index contributed by atoms with van der Waals surface area (Å²) in [6.07, 6.45) is 6.70. The second kappa shape index (κ2) is 9.18. The minimum Gasteiger partial charge on any atom is -0.303 e. The molecular weight excluding hydrogens is 246 g/mol. The maximum Gasteiger partial charge on any atom is 0.262 e. The number of rotatable bonds is 7. The van der Waals surface area contributed by atoms with E-state index in [9.17, 15) is 14.9 Å². The topological polar surface area (TPSA) is 98.3 Å². The molecule has 1 fully saturated rings. The molecule has 0 aromatic carbocycles. The van der Waals surface area contributed by atoms with Crippen LogP contribution in [0.15, 0.2) is 36.6 Å². The van der Waals surface area contributed by atoms with Crippen molar-refractivity contribution in [3.63, 3.8) is 0 Å². The highest BCUT2D eigenvalue weighted by molar-refractivity contribution is 5.61. The molecule has 106 valence electrons. The van der Waals surface area contributed by atoms with E-state index in [1.54, 1.807) is 7.05 Å². The molecule has 0 aromatic rings. The number of carbonyl (C=O) groups excluding carboxylic acids is 1.